The van der Waals surface area contributed by atoms with Crippen LogP contribution in [-0.4, -0.2) is 66.2 Å². The highest BCUT2D eigenvalue weighted by Gasteiger charge is 2.28. The number of fused-ring (bicyclic) bond motifs is 1. The number of nitrogens with zero attached hydrogens (tertiary/aromatic N) is 4. The van der Waals surface area contributed by atoms with Gasteiger partial charge >= 0.3 is 0 Å². The Hall–Kier alpha value is -2.51. The van der Waals surface area contributed by atoms with Crippen molar-refractivity contribution in [3.8, 4) is 0 Å². The molecule has 1 fully saturated rings. The van der Waals surface area contributed by atoms with Crippen LogP contribution in [0.15, 0.2) is 36.7 Å². The minimum atomic E-state index is -0.135. The molecule has 2 aliphatic rings. The number of carbonyl (C=O) groups is 1. The fraction of sp³-hybridized carbons (Fsp3) is 0.450. The number of ether oxygens (including phenoxy) is 1. The van der Waals surface area contributed by atoms with Crippen LogP contribution in [0.5, 0.6) is 0 Å². The molecule has 4 rings (SSSR count). The number of hydrogen-bond acceptors (Lipinski definition) is 6. The van der Waals surface area contributed by atoms with Gasteiger partial charge in [0.25, 0.3) is 5.91 Å². The van der Waals surface area contributed by atoms with E-state index in [1.54, 1.807) is 12.4 Å². The molecular formula is C20H25N5O2. The lowest BCUT2D eigenvalue weighted by atomic mass is 10.1. The Morgan fingerprint density at radius 2 is 1.96 bits per heavy atom. The summed E-state index contributed by atoms with van der Waals surface area (Å²) in [5, 5.41) is 2.94. The van der Waals surface area contributed by atoms with E-state index in [2.05, 4.69) is 50.2 Å². The Kier molecular flexibility index (Phi) is 5.31. The fourth-order valence-corrected chi connectivity index (χ4v) is 3.69. The van der Waals surface area contributed by atoms with Gasteiger partial charge in [-0.25, -0.2) is 9.97 Å². The summed E-state index contributed by atoms with van der Waals surface area (Å²) in [6, 6.07) is 8.62. The number of nitrogens with one attached hydrogen (secondary N) is 1. The van der Waals surface area contributed by atoms with Crippen LogP contribution in [0.1, 0.15) is 22.8 Å². The summed E-state index contributed by atoms with van der Waals surface area (Å²) in [5.74, 6) is 0.502. The lowest BCUT2D eigenvalue weighted by Crippen LogP contribution is -2.41. The molecule has 0 saturated carbocycles. The number of amides is 1. The third-order valence-electron chi connectivity index (χ3n) is 5.14. The molecule has 1 saturated heterocycles. The number of carbonyl (C=O) groups excluding carboxylic acids is 1. The van der Waals surface area contributed by atoms with E-state index in [0.29, 0.717) is 24.1 Å². The topological polar surface area (TPSA) is 70.6 Å². The van der Waals surface area contributed by atoms with Gasteiger partial charge in [-0.15, -0.1) is 0 Å². The van der Waals surface area contributed by atoms with Crippen LogP contribution in [0.4, 0.5) is 11.6 Å². The van der Waals surface area contributed by atoms with E-state index < -0.39 is 0 Å². The molecule has 142 valence electrons. The van der Waals surface area contributed by atoms with Crippen molar-refractivity contribution in [1.82, 2.24) is 20.2 Å². The Balaban J connectivity index is 1.36. The van der Waals surface area contributed by atoms with Gasteiger partial charge in [-0.1, -0.05) is 18.2 Å². The molecule has 1 unspecified atom stereocenters. The van der Waals surface area contributed by atoms with Crippen molar-refractivity contribution in [2.45, 2.75) is 19.4 Å². The Morgan fingerprint density at radius 3 is 2.74 bits per heavy atom. The summed E-state index contributed by atoms with van der Waals surface area (Å²) in [6.45, 7) is 6.97. The second-order valence-electron chi connectivity index (χ2n) is 7.03. The molecule has 3 heterocycles. The van der Waals surface area contributed by atoms with E-state index in [1.807, 2.05) is 6.07 Å². The van der Waals surface area contributed by atoms with Crippen molar-refractivity contribution < 1.29 is 9.53 Å². The molecule has 1 atom stereocenters. The van der Waals surface area contributed by atoms with Crippen LogP contribution in [0.3, 0.4) is 0 Å². The lowest BCUT2D eigenvalue weighted by molar-refractivity contribution is 0.0383. The maximum absolute atomic E-state index is 12.3. The van der Waals surface area contributed by atoms with E-state index in [0.717, 1.165) is 45.0 Å². The van der Waals surface area contributed by atoms with Crippen molar-refractivity contribution in [1.29, 1.82) is 0 Å². The summed E-state index contributed by atoms with van der Waals surface area (Å²) in [7, 11) is 0. The van der Waals surface area contributed by atoms with Crippen LogP contribution in [-0.2, 0) is 11.2 Å². The van der Waals surface area contributed by atoms with Crippen LogP contribution in [0, 0.1) is 0 Å². The molecule has 27 heavy (non-hydrogen) atoms. The largest absolute Gasteiger partial charge is 0.379 e. The molecule has 1 N–H and O–H groups in total. The van der Waals surface area contributed by atoms with Crippen LogP contribution in [0.2, 0.25) is 0 Å². The third-order valence-corrected chi connectivity index (χ3v) is 5.14. The van der Waals surface area contributed by atoms with Crippen molar-refractivity contribution >= 4 is 17.5 Å². The van der Waals surface area contributed by atoms with Gasteiger partial charge in [-0.05, 0) is 25.0 Å². The monoisotopic (exact) mass is 367 g/mol. The molecule has 0 aliphatic carbocycles. The highest BCUT2D eigenvalue weighted by atomic mass is 16.5. The minimum Gasteiger partial charge on any atom is -0.379 e. The van der Waals surface area contributed by atoms with Crippen molar-refractivity contribution in [2.75, 3.05) is 44.3 Å². The molecule has 0 bridgehead atoms. The van der Waals surface area contributed by atoms with Gasteiger partial charge in [0.1, 0.15) is 0 Å². The predicted molar refractivity (Wildman–Crippen MR) is 103 cm³/mol. The van der Waals surface area contributed by atoms with E-state index in [1.165, 1.54) is 5.56 Å². The zero-order chi connectivity index (χ0) is 18.6. The molecule has 2 aromatic rings. The number of para-hydroxylation sites is 1. The maximum Gasteiger partial charge on any atom is 0.254 e. The highest BCUT2D eigenvalue weighted by Crippen LogP contribution is 2.35. The molecule has 1 aromatic carbocycles. The van der Waals surface area contributed by atoms with Crippen molar-refractivity contribution in [3.05, 3.63) is 47.8 Å². The lowest BCUT2D eigenvalue weighted by Gasteiger charge is -2.26. The fourth-order valence-electron chi connectivity index (χ4n) is 3.69. The first-order valence-corrected chi connectivity index (χ1v) is 9.50. The number of anilines is 2. The van der Waals surface area contributed by atoms with Gasteiger partial charge in [0, 0.05) is 50.3 Å². The average molecular weight is 367 g/mol. The number of hydrogen-bond donors (Lipinski definition) is 1. The average Bonchev–Trinajstić information content (AvgIpc) is 3.04. The highest BCUT2D eigenvalue weighted by molar-refractivity contribution is 5.93. The summed E-state index contributed by atoms with van der Waals surface area (Å²) in [5.41, 5.74) is 2.94. The predicted octanol–water partition coefficient (Wildman–Crippen LogP) is 1.62. The Morgan fingerprint density at radius 1 is 1.22 bits per heavy atom. The van der Waals surface area contributed by atoms with Crippen LogP contribution in [0.25, 0.3) is 0 Å². The van der Waals surface area contributed by atoms with Gasteiger partial charge in [-0.2, -0.15) is 0 Å². The van der Waals surface area contributed by atoms with Crippen molar-refractivity contribution in [2.24, 2.45) is 0 Å². The summed E-state index contributed by atoms with van der Waals surface area (Å²) in [6.07, 6.45) is 4.20. The maximum atomic E-state index is 12.3. The first kappa shape index (κ1) is 17.9. The molecule has 7 nitrogen and oxygen atoms in total. The molecular weight excluding hydrogens is 342 g/mol. The van der Waals surface area contributed by atoms with E-state index in [-0.39, 0.29) is 5.91 Å². The van der Waals surface area contributed by atoms with E-state index >= 15 is 0 Å². The number of aromatic nitrogens is 2. The number of benzene rings is 1. The number of morpholine rings is 1. The Labute approximate surface area is 159 Å². The SMILES string of the molecule is CC1Cc2ccccc2N1c1ncc(C(=O)NCCN2CCOCC2)cn1. The van der Waals surface area contributed by atoms with E-state index in [4.69, 9.17) is 4.74 Å². The smallest absolute Gasteiger partial charge is 0.254 e. The second kappa shape index (κ2) is 8.02. The normalized spacial score (nSPS) is 19.7. The first-order chi connectivity index (χ1) is 13.2. The van der Waals surface area contributed by atoms with Gasteiger partial charge in [0.15, 0.2) is 0 Å². The van der Waals surface area contributed by atoms with Crippen LogP contribution >= 0.6 is 0 Å². The summed E-state index contributed by atoms with van der Waals surface area (Å²) >= 11 is 0. The standard InChI is InChI=1S/C20H25N5O2/c1-15-12-16-4-2-3-5-18(16)25(15)20-22-13-17(14-23-20)19(26)21-6-7-24-8-10-27-11-9-24/h2-5,13-15H,6-12H2,1H3,(H,21,26). The zero-order valence-electron chi connectivity index (χ0n) is 15.6. The molecule has 1 aromatic heterocycles. The first-order valence-electron chi connectivity index (χ1n) is 9.50. The second-order valence-corrected chi connectivity index (χ2v) is 7.03. The molecule has 1 amide bonds. The Bertz CT molecular complexity index is 789. The molecule has 7 heteroatoms. The van der Waals surface area contributed by atoms with Crippen molar-refractivity contribution in [3.63, 3.8) is 0 Å². The third kappa shape index (κ3) is 3.94. The van der Waals surface area contributed by atoms with Gasteiger partial charge in [0.2, 0.25) is 5.95 Å². The summed E-state index contributed by atoms with van der Waals surface area (Å²) in [4.78, 5) is 25.7. The van der Waals surface area contributed by atoms with Crippen LogP contribution < -0.4 is 10.2 Å². The zero-order valence-corrected chi connectivity index (χ0v) is 15.6. The minimum absolute atomic E-state index is 0.135. The van der Waals surface area contributed by atoms with Gasteiger partial charge in [-0.3, -0.25) is 9.69 Å². The van der Waals surface area contributed by atoms with Gasteiger partial charge < -0.3 is 15.0 Å². The van der Waals surface area contributed by atoms with E-state index in [9.17, 15) is 4.79 Å². The molecule has 0 radical (unpaired) electrons. The summed E-state index contributed by atoms with van der Waals surface area (Å²) < 4.78 is 5.33. The number of rotatable bonds is 5. The molecule has 2 aliphatic heterocycles. The van der Waals surface area contributed by atoms with Gasteiger partial charge in [0.05, 0.1) is 18.8 Å². The molecule has 0 spiro atoms. The quantitative estimate of drug-likeness (QED) is 0.866.